The van der Waals surface area contributed by atoms with Crippen LogP contribution in [0.4, 0.5) is 5.69 Å². The summed E-state index contributed by atoms with van der Waals surface area (Å²) in [4.78, 5) is 38.0. The lowest BCUT2D eigenvalue weighted by atomic mass is 9.95. The van der Waals surface area contributed by atoms with E-state index in [1.54, 1.807) is 32.4 Å². The van der Waals surface area contributed by atoms with Crippen LogP contribution < -0.4 is 40.7 Å². The van der Waals surface area contributed by atoms with E-state index in [-0.39, 0.29) is 35.1 Å². The maximum atomic E-state index is 13.4. The number of nitrogens with two attached hydrogens (primary N) is 1. The maximum Gasteiger partial charge on any atom is 0.238 e. The van der Waals surface area contributed by atoms with Crippen molar-refractivity contribution in [3.63, 3.8) is 0 Å². The van der Waals surface area contributed by atoms with Gasteiger partial charge in [-0.05, 0) is 71.8 Å². The minimum absolute atomic E-state index is 0.000974. The van der Waals surface area contributed by atoms with Crippen LogP contribution in [0.2, 0.25) is 0 Å². The van der Waals surface area contributed by atoms with Gasteiger partial charge in [0, 0.05) is 32.0 Å². The number of ether oxygens (including phenoxy) is 3. The highest BCUT2D eigenvalue weighted by molar-refractivity contribution is 7.89. The number of carbonyl (C=O) groups excluding carboxylic acids is 2. The zero-order valence-electron chi connectivity index (χ0n) is 25.7. The number of fused-ring (bicyclic) bond motifs is 3. The average molecular weight is 639 g/mol. The van der Waals surface area contributed by atoms with E-state index in [0.29, 0.717) is 54.3 Å². The van der Waals surface area contributed by atoms with Gasteiger partial charge in [0.2, 0.25) is 33.0 Å². The second kappa shape index (κ2) is 14.4. The summed E-state index contributed by atoms with van der Waals surface area (Å²) in [6.07, 6.45) is 1.81. The van der Waals surface area contributed by atoms with Crippen molar-refractivity contribution in [2.75, 3.05) is 33.2 Å². The van der Waals surface area contributed by atoms with Crippen molar-refractivity contribution in [3.05, 3.63) is 75.4 Å². The van der Waals surface area contributed by atoms with Gasteiger partial charge in [-0.1, -0.05) is 18.2 Å². The molecule has 0 bridgehead atoms. The minimum atomic E-state index is -3.78. The second-order valence-electron chi connectivity index (χ2n) is 10.6. The molecule has 3 aromatic carbocycles. The molecule has 0 saturated carbocycles. The average Bonchev–Trinajstić information content (AvgIpc) is 3.25. The first kappa shape index (κ1) is 33.3. The molecule has 1 unspecified atom stereocenters. The highest BCUT2D eigenvalue weighted by Crippen LogP contribution is 2.50. The third-order valence-corrected chi connectivity index (χ3v) is 8.48. The highest BCUT2D eigenvalue weighted by atomic mass is 32.2. The summed E-state index contributed by atoms with van der Waals surface area (Å²) in [5, 5.41) is 14.0. The molecule has 1 aliphatic rings. The van der Waals surface area contributed by atoms with E-state index >= 15 is 0 Å². The minimum Gasteiger partial charge on any atom is -0.493 e. The van der Waals surface area contributed by atoms with Crippen molar-refractivity contribution < 1.29 is 32.2 Å². The number of hydrogen-bond acceptors (Lipinski definition) is 9. The molecule has 3 aromatic rings. The Labute approximate surface area is 262 Å². The number of methoxy groups -OCH3 is 3. The largest absolute Gasteiger partial charge is 0.493 e. The number of hydrogen-bond donors (Lipinski definition) is 4. The van der Waals surface area contributed by atoms with Crippen LogP contribution in [0.1, 0.15) is 48.9 Å². The van der Waals surface area contributed by atoms with Crippen molar-refractivity contribution >= 4 is 27.5 Å². The quantitative estimate of drug-likeness (QED) is 0.217. The molecule has 5 N–H and O–H groups in total. The number of aryl methyl sites for hydroxylation is 1. The van der Waals surface area contributed by atoms with Crippen LogP contribution in [-0.2, 0) is 32.6 Å². The van der Waals surface area contributed by atoms with Crippen LogP contribution in [0.3, 0.4) is 0 Å². The van der Waals surface area contributed by atoms with E-state index in [4.69, 9.17) is 19.3 Å². The molecule has 0 radical (unpaired) electrons. The first-order chi connectivity index (χ1) is 21.5. The Kier molecular flexibility index (Phi) is 10.7. The molecule has 0 heterocycles. The summed E-state index contributed by atoms with van der Waals surface area (Å²) in [7, 11) is 0.846. The van der Waals surface area contributed by atoms with Gasteiger partial charge in [-0.15, -0.1) is 0 Å². The molecule has 12 nitrogen and oxygen atoms in total. The van der Waals surface area contributed by atoms with Crippen LogP contribution in [0, 0.1) is 0 Å². The van der Waals surface area contributed by atoms with Crippen LogP contribution >= 0.6 is 0 Å². The Morgan fingerprint density at radius 3 is 2.31 bits per heavy atom. The summed E-state index contributed by atoms with van der Waals surface area (Å²) in [5.41, 5.74) is 3.88. The molecule has 13 heteroatoms. The number of carbonyl (C=O) groups is 2. The highest BCUT2D eigenvalue weighted by Gasteiger charge is 2.29. The van der Waals surface area contributed by atoms with E-state index in [1.165, 1.54) is 32.2 Å². The van der Waals surface area contributed by atoms with Gasteiger partial charge in [-0.3, -0.25) is 14.4 Å². The number of nitrogens with one attached hydrogen (secondary N) is 3. The standard InChI is InChI=1S/C32H38N4O8S/c1-19(37)36-25-13-9-21-16-28(42-2)31(43-3)32(44-4)30(21)23-12-14-26(27(38)17-24(23)25)34-15-5-6-29(39)35-18-20-7-10-22(11-8-20)45(33,40)41/h7-8,10-12,14,16-17,25H,5-6,9,13,15,18H2,1-4H3,(H,34,38)(H,35,39)(H,36,37)(H2,33,40,41). The van der Waals surface area contributed by atoms with Crippen molar-refractivity contribution in [2.45, 2.75) is 50.1 Å². The summed E-state index contributed by atoms with van der Waals surface area (Å²) < 4.78 is 39.8. The number of rotatable bonds is 12. The van der Waals surface area contributed by atoms with E-state index < -0.39 is 16.1 Å². The Hall–Kier alpha value is -4.62. The number of benzene rings is 2. The lowest BCUT2D eigenvalue weighted by Crippen LogP contribution is -2.26. The van der Waals surface area contributed by atoms with Gasteiger partial charge in [0.05, 0.1) is 38.0 Å². The summed E-state index contributed by atoms with van der Waals surface area (Å²) >= 11 is 0. The van der Waals surface area contributed by atoms with Crippen LogP contribution in [-0.4, -0.2) is 48.1 Å². The third kappa shape index (κ3) is 7.91. The summed E-state index contributed by atoms with van der Waals surface area (Å²) in [5.74, 6) is 1.01. The monoisotopic (exact) mass is 638 g/mol. The molecular formula is C32H38N4O8S. The van der Waals surface area contributed by atoms with E-state index in [0.717, 1.165) is 22.3 Å². The zero-order chi connectivity index (χ0) is 32.7. The molecule has 4 rings (SSSR count). The summed E-state index contributed by atoms with van der Waals surface area (Å²) in [6.45, 7) is 2.04. The predicted molar refractivity (Wildman–Crippen MR) is 170 cm³/mol. The molecule has 0 aromatic heterocycles. The number of primary sulfonamides is 1. The van der Waals surface area contributed by atoms with Crippen molar-refractivity contribution in [1.29, 1.82) is 0 Å². The lowest BCUT2D eigenvalue weighted by Gasteiger charge is -2.19. The SMILES string of the molecule is COc1cc2c(c(OC)c1OC)-c1ccc(NCCCC(=O)NCc3ccc(S(N)(=O)=O)cc3)c(=O)cc1C(NC(C)=O)CC2. The number of sulfonamides is 1. The fourth-order valence-electron chi connectivity index (χ4n) is 5.41. The maximum absolute atomic E-state index is 13.4. The lowest BCUT2D eigenvalue weighted by molar-refractivity contribution is -0.121. The number of anilines is 1. The molecule has 2 amide bonds. The summed E-state index contributed by atoms with van der Waals surface area (Å²) in [6, 6.07) is 12.5. The van der Waals surface area contributed by atoms with Gasteiger partial charge >= 0.3 is 0 Å². The topological polar surface area (TPSA) is 175 Å². The first-order valence-electron chi connectivity index (χ1n) is 14.4. The van der Waals surface area contributed by atoms with Crippen LogP contribution in [0.15, 0.2) is 58.2 Å². The molecular weight excluding hydrogens is 600 g/mol. The van der Waals surface area contributed by atoms with Crippen molar-refractivity contribution in [3.8, 4) is 28.4 Å². The predicted octanol–water partition coefficient (Wildman–Crippen LogP) is 3.02. The van der Waals surface area contributed by atoms with Crippen molar-refractivity contribution in [1.82, 2.24) is 10.6 Å². The number of amides is 2. The Balaban J connectivity index is 1.52. The molecule has 240 valence electrons. The van der Waals surface area contributed by atoms with Crippen LogP contribution in [0.5, 0.6) is 17.2 Å². The fourth-order valence-corrected chi connectivity index (χ4v) is 5.93. The van der Waals surface area contributed by atoms with Crippen molar-refractivity contribution in [2.24, 2.45) is 5.14 Å². The molecule has 0 fully saturated rings. The van der Waals surface area contributed by atoms with E-state index in [9.17, 15) is 22.8 Å². The van der Waals surface area contributed by atoms with Gasteiger partial charge in [-0.2, -0.15) is 0 Å². The molecule has 0 aliphatic heterocycles. The van der Waals surface area contributed by atoms with Gasteiger partial charge in [0.1, 0.15) is 0 Å². The van der Waals surface area contributed by atoms with Gasteiger partial charge in [0.25, 0.3) is 0 Å². The fraction of sp³-hybridized carbons (Fsp3) is 0.344. The molecule has 1 atom stereocenters. The Morgan fingerprint density at radius 1 is 0.978 bits per heavy atom. The smallest absolute Gasteiger partial charge is 0.238 e. The third-order valence-electron chi connectivity index (χ3n) is 7.55. The zero-order valence-corrected chi connectivity index (χ0v) is 26.5. The Morgan fingerprint density at radius 2 is 1.69 bits per heavy atom. The molecule has 0 spiro atoms. The molecule has 45 heavy (non-hydrogen) atoms. The molecule has 0 saturated heterocycles. The van der Waals surface area contributed by atoms with Gasteiger partial charge in [-0.25, -0.2) is 13.6 Å². The van der Waals surface area contributed by atoms with Gasteiger partial charge in [0.15, 0.2) is 11.5 Å². The first-order valence-corrected chi connectivity index (χ1v) is 15.9. The normalized spacial score (nSPS) is 13.8. The van der Waals surface area contributed by atoms with Gasteiger partial charge < -0.3 is 30.2 Å². The molecule has 1 aliphatic carbocycles. The second-order valence-corrected chi connectivity index (χ2v) is 12.2. The Bertz CT molecular complexity index is 1740. The van der Waals surface area contributed by atoms with E-state index in [2.05, 4.69) is 16.0 Å². The van der Waals surface area contributed by atoms with Crippen LogP contribution in [0.25, 0.3) is 11.1 Å². The van der Waals surface area contributed by atoms with E-state index in [1.807, 2.05) is 12.1 Å².